The van der Waals surface area contributed by atoms with Crippen LogP contribution in [0.5, 0.6) is 0 Å². The fourth-order valence-electron chi connectivity index (χ4n) is 6.75. The summed E-state index contributed by atoms with van der Waals surface area (Å²) in [5.41, 5.74) is 3.11. The number of para-hydroxylation sites is 1. The third-order valence-electron chi connectivity index (χ3n) is 9.15. The Morgan fingerprint density at radius 1 is 0.933 bits per heavy atom. The van der Waals surface area contributed by atoms with Crippen LogP contribution >= 0.6 is 0 Å². The molecule has 7 rings (SSSR count). The molecular weight excluding hydrogens is 600 g/mol. The van der Waals surface area contributed by atoms with E-state index < -0.39 is 15.8 Å². The van der Waals surface area contributed by atoms with Gasteiger partial charge in [0.1, 0.15) is 17.3 Å². The van der Waals surface area contributed by atoms with Gasteiger partial charge in [-0.05, 0) is 56.1 Å². The molecule has 3 aliphatic heterocycles. The molecule has 2 saturated heterocycles. The number of rotatable bonds is 7. The van der Waals surface area contributed by atoms with Crippen molar-refractivity contribution in [3.8, 4) is 0 Å². The largest absolute Gasteiger partial charge is 0.369 e. The summed E-state index contributed by atoms with van der Waals surface area (Å²) in [6.45, 7) is 6.28. The molecule has 14 heteroatoms. The average Bonchev–Trinajstić information content (AvgIpc) is 3.63. The molecule has 45 heavy (non-hydrogen) atoms. The highest BCUT2D eigenvalue weighted by molar-refractivity contribution is 7.92. The van der Waals surface area contributed by atoms with Crippen LogP contribution in [0.3, 0.4) is 0 Å². The molecule has 0 radical (unpaired) electrons. The van der Waals surface area contributed by atoms with Crippen molar-refractivity contribution in [2.45, 2.75) is 25.3 Å². The monoisotopic (exact) mass is 637 g/mol. The molecule has 0 amide bonds. The van der Waals surface area contributed by atoms with Crippen molar-refractivity contribution < 1.29 is 17.2 Å². The maximum Gasteiger partial charge on any atom is 0.232 e. The van der Waals surface area contributed by atoms with Gasteiger partial charge >= 0.3 is 0 Å². The van der Waals surface area contributed by atoms with E-state index >= 15 is 4.39 Å². The summed E-state index contributed by atoms with van der Waals surface area (Å²) < 4.78 is 56.7. The summed E-state index contributed by atoms with van der Waals surface area (Å²) in [5, 5.41) is 6.34. The minimum absolute atomic E-state index is 0.125. The van der Waals surface area contributed by atoms with Crippen molar-refractivity contribution in [3.05, 3.63) is 59.8 Å². The maximum absolute atomic E-state index is 15.5. The maximum atomic E-state index is 15.5. The van der Waals surface area contributed by atoms with Gasteiger partial charge in [-0.2, -0.15) is 9.97 Å². The SMILES string of the molecule is CN1CCN(C2CCN(c3ccc(Nc4nc(Nc5cccc6c5N(S(C)(=O)=O)CC6)c5c(F)c[nH]c5n4)cc3F)CC2)CC1. The van der Waals surface area contributed by atoms with Gasteiger partial charge in [-0.3, -0.25) is 9.21 Å². The van der Waals surface area contributed by atoms with Crippen molar-refractivity contribution in [1.29, 1.82) is 0 Å². The van der Waals surface area contributed by atoms with Crippen molar-refractivity contribution in [1.82, 2.24) is 24.8 Å². The van der Waals surface area contributed by atoms with Crippen LogP contribution in [0.15, 0.2) is 42.6 Å². The van der Waals surface area contributed by atoms with Crippen LogP contribution < -0.4 is 19.8 Å². The van der Waals surface area contributed by atoms with E-state index in [1.54, 1.807) is 18.2 Å². The van der Waals surface area contributed by atoms with Gasteiger partial charge in [0.05, 0.1) is 28.7 Å². The van der Waals surface area contributed by atoms with E-state index in [1.807, 2.05) is 12.1 Å². The second-order valence-electron chi connectivity index (χ2n) is 12.1. The van der Waals surface area contributed by atoms with Crippen molar-refractivity contribution in [2.24, 2.45) is 0 Å². The number of aromatic amines is 1. The molecule has 2 aromatic heterocycles. The predicted molar refractivity (Wildman–Crippen MR) is 173 cm³/mol. The van der Waals surface area contributed by atoms with Gasteiger partial charge in [0.2, 0.25) is 16.0 Å². The van der Waals surface area contributed by atoms with Gasteiger partial charge in [-0.15, -0.1) is 0 Å². The first-order chi connectivity index (χ1) is 21.6. The lowest BCUT2D eigenvalue weighted by Gasteiger charge is -2.42. The van der Waals surface area contributed by atoms with Crippen LogP contribution in [-0.4, -0.2) is 98.3 Å². The number of anilines is 6. The highest BCUT2D eigenvalue weighted by Gasteiger charge is 2.30. The van der Waals surface area contributed by atoms with E-state index in [-0.39, 0.29) is 28.6 Å². The number of piperidine rings is 1. The quantitative estimate of drug-likeness (QED) is 0.274. The lowest BCUT2D eigenvalue weighted by Crippen LogP contribution is -2.52. The Morgan fingerprint density at radius 2 is 1.71 bits per heavy atom. The number of sulfonamides is 1. The standard InChI is InChI=1S/C31H37F2N9O2S/c1-39-14-16-40(17-15-39)22-9-11-41(12-10-22)26-7-6-21(18-23(26)32)35-31-37-29-27(24(33)19-34-29)30(38-31)36-25-5-3-4-20-8-13-42(28(20)25)45(2,43)44/h3-7,18-19,22H,8-17H2,1-2H3,(H3,34,35,36,37,38). The molecule has 11 nitrogen and oxygen atoms in total. The van der Waals surface area contributed by atoms with Crippen molar-refractivity contribution in [3.63, 3.8) is 0 Å². The van der Waals surface area contributed by atoms with Crippen LogP contribution in [-0.2, 0) is 16.4 Å². The third kappa shape index (κ3) is 5.89. The minimum Gasteiger partial charge on any atom is -0.369 e. The van der Waals surface area contributed by atoms with Crippen molar-refractivity contribution >= 4 is 55.6 Å². The zero-order valence-corrected chi connectivity index (χ0v) is 26.2. The highest BCUT2D eigenvalue weighted by Crippen LogP contribution is 2.39. The summed E-state index contributed by atoms with van der Waals surface area (Å²) in [7, 11) is -1.36. The molecule has 0 unspecified atom stereocenters. The Bertz CT molecular complexity index is 1830. The molecule has 2 fully saturated rings. The zero-order chi connectivity index (χ0) is 31.3. The van der Waals surface area contributed by atoms with Gasteiger partial charge in [-0.25, -0.2) is 17.2 Å². The molecule has 5 heterocycles. The van der Waals surface area contributed by atoms with Crippen molar-refractivity contribution in [2.75, 3.05) is 79.0 Å². The van der Waals surface area contributed by atoms with Crippen LogP contribution in [0.4, 0.5) is 43.3 Å². The van der Waals surface area contributed by atoms with Gasteiger partial charge in [-0.1, -0.05) is 12.1 Å². The molecule has 0 saturated carbocycles. The normalized spacial score (nSPS) is 18.5. The second kappa shape index (κ2) is 11.7. The van der Waals surface area contributed by atoms with E-state index in [9.17, 15) is 12.8 Å². The highest BCUT2D eigenvalue weighted by atomic mass is 32.2. The number of nitrogens with one attached hydrogen (secondary N) is 3. The molecule has 238 valence electrons. The first-order valence-electron chi connectivity index (χ1n) is 15.3. The number of aromatic nitrogens is 3. The van der Waals surface area contributed by atoms with Gasteiger partial charge in [0.25, 0.3) is 0 Å². The molecule has 2 aromatic carbocycles. The Hall–Kier alpha value is -4.01. The summed E-state index contributed by atoms with van der Waals surface area (Å²) in [4.78, 5) is 18.8. The van der Waals surface area contributed by atoms with E-state index in [0.717, 1.165) is 63.9 Å². The number of halogens is 2. The Labute approximate surface area is 261 Å². The lowest BCUT2D eigenvalue weighted by atomic mass is 10.0. The fourth-order valence-corrected chi connectivity index (χ4v) is 7.72. The zero-order valence-electron chi connectivity index (χ0n) is 25.4. The molecule has 4 aromatic rings. The van der Waals surface area contributed by atoms with Gasteiger partial charge in [0.15, 0.2) is 5.82 Å². The van der Waals surface area contributed by atoms with Crippen LogP contribution in [0.25, 0.3) is 11.0 Å². The Kier molecular flexibility index (Phi) is 7.74. The second-order valence-corrected chi connectivity index (χ2v) is 14.0. The van der Waals surface area contributed by atoms with Gasteiger partial charge in [0, 0.05) is 63.7 Å². The summed E-state index contributed by atoms with van der Waals surface area (Å²) in [5.74, 6) is -0.627. The lowest BCUT2D eigenvalue weighted by molar-refractivity contribution is 0.0981. The van der Waals surface area contributed by atoms with Crippen LogP contribution in [0.2, 0.25) is 0 Å². The van der Waals surface area contributed by atoms with E-state index in [2.05, 4.69) is 47.3 Å². The number of piperazine rings is 1. The summed E-state index contributed by atoms with van der Waals surface area (Å²) in [6.07, 6.45) is 4.93. The summed E-state index contributed by atoms with van der Waals surface area (Å²) in [6, 6.07) is 10.9. The Morgan fingerprint density at radius 3 is 2.44 bits per heavy atom. The fraction of sp³-hybridized carbons (Fsp3) is 0.419. The molecule has 0 aliphatic carbocycles. The number of H-pyrrole nitrogens is 1. The molecule has 3 aliphatic rings. The number of hydrogen-bond acceptors (Lipinski definition) is 9. The predicted octanol–water partition coefficient (Wildman–Crippen LogP) is 4.26. The molecule has 0 bridgehead atoms. The number of benzene rings is 2. The number of nitrogens with zero attached hydrogens (tertiary/aromatic N) is 6. The van der Waals surface area contributed by atoms with Gasteiger partial charge < -0.3 is 25.4 Å². The van der Waals surface area contributed by atoms with E-state index in [0.29, 0.717) is 41.8 Å². The molecule has 3 N–H and O–H groups in total. The summed E-state index contributed by atoms with van der Waals surface area (Å²) >= 11 is 0. The topological polar surface area (TPSA) is 113 Å². The first kappa shape index (κ1) is 29.7. The Balaban J connectivity index is 1.10. The number of likely N-dealkylation sites (N-methyl/N-ethyl adjacent to an activating group) is 1. The van der Waals surface area contributed by atoms with Crippen LogP contribution in [0, 0.1) is 11.6 Å². The van der Waals surface area contributed by atoms with Crippen LogP contribution in [0.1, 0.15) is 18.4 Å². The average molecular weight is 638 g/mol. The van der Waals surface area contributed by atoms with E-state index in [1.165, 1.54) is 16.6 Å². The molecule has 0 spiro atoms. The first-order valence-corrected chi connectivity index (χ1v) is 17.1. The van der Waals surface area contributed by atoms with E-state index in [4.69, 9.17) is 0 Å². The smallest absolute Gasteiger partial charge is 0.232 e. The third-order valence-corrected chi connectivity index (χ3v) is 10.3. The minimum atomic E-state index is -3.52. The number of fused-ring (bicyclic) bond motifs is 2. The molecular formula is C31H37F2N9O2S. The number of hydrogen-bond donors (Lipinski definition) is 3. The molecule has 0 atom stereocenters.